The molecule has 1 aromatic carbocycles. The lowest BCUT2D eigenvalue weighted by Gasteiger charge is -2.48. The lowest BCUT2D eigenvalue weighted by molar-refractivity contribution is -0.120. The highest BCUT2D eigenvalue weighted by Gasteiger charge is 2.57. The molecule has 2 aromatic rings. The Bertz CT molecular complexity index is 1290. The van der Waals surface area contributed by atoms with Crippen molar-refractivity contribution in [3.8, 4) is 11.1 Å². The van der Waals surface area contributed by atoms with Gasteiger partial charge in [-0.3, -0.25) is 9.48 Å². The smallest absolute Gasteiger partial charge is 0.362 e. The number of hydrogen-bond acceptors (Lipinski definition) is 5. The number of azo groups is 1. The average molecular weight is 470 g/mol. The third kappa shape index (κ3) is 3.26. The number of fused-ring (bicyclic) bond motifs is 1. The fraction of sp³-hybridized carbons (Fsp3) is 0.417. The topological polar surface area (TPSA) is 83.7 Å². The number of aromatic nitrogens is 2. The number of halogens is 3. The second kappa shape index (κ2) is 7.28. The molecule has 3 aliphatic heterocycles. The maximum Gasteiger partial charge on any atom is 0.435 e. The first-order chi connectivity index (χ1) is 16.0. The van der Waals surface area contributed by atoms with Crippen molar-refractivity contribution in [2.75, 3.05) is 0 Å². The van der Waals surface area contributed by atoms with Gasteiger partial charge < -0.3 is 10.6 Å². The Hall–Kier alpha value is -3.43. The third-order valence-electron chi connectivity index (χ3n) is 6.79. The second-order valence-electron chi connectivity index (χ2n) is 9.63. The van der Waals surface area contributed by atoms with Gasteiger partial charge >= 0.3 is 6.18 Å². The van der Waals surface area contributed by atoms with Crippen LogP contribution < -0.4 is 10.6 Å². The molecule has 4 heterocycles. The van der Waals surface area contributed by atoms with E-state index in [1.165, 1.54) is 0 Å². The highest BCUT2D eigenvalue weighted by Crippen LogP contribution is 2.55. The van der Waals surface area contributed by atoms with Crippen molar-refractivity contribution in [3.05, 3.63) is 64.8 Å². The first kappa shape index (κ1) is 22.4. The molecule has 0 aliphatic carbocycles. The minimum Gasteiger partial charge on any atom is -0.362 e. The predicted molar refractivity (Wildman–Crippen MR) is 119 cm³/mol. The van der Waals surface area contributed by atoms with Gasteiger partial charge in [-0.05, 0) is 37.5 Å². The number of aryl methyl sites for hydroxylation is 1. The van der Waals surface area contributed by atoms with E-state index in [1.807, 2.05) is 32.2 Å². The largest absolute Gasteiger partial charge is 0.435 e. The van der Waals surface area contributed by atoms with E-state index in [0.29, 0.717) is 23.3 Å². The number of nitrogens with zero attached hydrogens (tertiary/aromatic N) is 4. The summed E-state index contributed by atoms with van der Waals surface area (Å²) < 4.78 is 44.1. The molecule has 3 aliphatic rings. The SMILES string of the molecule is CC[C@@]1(c2cccc(-c3cnn(C)c3)c2)C2=C(CC(C)(C)NC2=O)NC2N=NC(C(F)(F)F)=C21. The molecule has 0 spiro atoms. The van der Waals surface area contributed by atoms with Crippen LogP contribution in [0.25, 0.3) is 11.1 Å². The van der Waals surface area contributed by atoms with Crippen LogP contribution in [0.2, 0.25) is 0 Å². The second-order valence-corrected chi connectivity index (χ2v) is 9.63. The number of carbonyl (C=O) groups is 1. The summed E-state index contributed by atoms with van der Waals surface area (Å²) >= 11 is 0. The van der Waals surface area contributed by atoms with Crippen LogP contribution in [-0.2, 0) is 17.3 Å². The molecule has 10 heteroatoms. The van der Waals surface area contributed by atoms with E-state index in [2.05, 4.69) is 26.0 Å². The minimum atomic E-state index is -4.71. The molecule has 1 amide bonds. The van der Waals surface area contributed by atoms with Crippen LogP contribution in [0.3, 0.4) is 0 Å². The van der Waals surface area contributed by atoms with Gasteiger partial charge in [0.2, 0.25) is 0 Å². The molecule has 2 N–H and O–H groups in total. The van der Waals surface area contributed by atoms with E-state index in [9.17, 15) is 18.0 Å². The Morgan fingerprint density at radius 1 is 1.24 bits per heavy atom. The van der Waals surface area contributed by atoms with Crippen molar-refractivity contribution in [1.29, 1.82) is 0 Å². The molecule has 178 valence electrons. The van der Waals surface area contributed by atoms with Crippen molar-refractivity contribution in [2.24, 2.45) is 17.3 Å². The lowest BCUT2D eigenvalue weighted by Crippen LogP contribution is -2.58. The zero-order valence-corrected chi connectivity index (χ0v) is 19.3. The van der Waals surface area contributed by atoms with Gasteiger partial charge in [-0.25, -0.2) is 0 Å². The van der Waals surface area contributed by atoms with Gasteiger partial charge in [0.25, 0.3) is 5.91 Å². The first-order valence-electron chi connectivity index (χ1n) is 11.1. The zero-order chi connectivity index (χ0) is 24.5. The maximum atomic E-state index is 14.2. The Morgan fingerprint density at radius 2 is 2.00 bits per heavy atom. The Kier molecular flexibility index (Phi) is 4.79. The molecule has 0 bridgehead atoms. The summed E-state index contributed by atoms with van der Waals surface area (Å²) in [7, 11) is 1.80. The van der Waals surface area contributed by atoms with Gasteiger partial charge in [0.1, 0.15) is 0 Å². The number of carbonyl (C=O) groups excluding carboxylic acids is 1. The summed E-state index contributed by atoms with van der Waals surface area (Å²) in [4.78, 5) is 13.5. The van der Waals surface area contributed by atoms with Crippen molar-refractivity contribution >= 4 is 5.91 Å². The number of alkyl halides is 3. The normalized spacial score (nSPS) is 25.7. The maximum absolute atomic E-state index is 14.2. The molecule has 0 fully saturated rings. The Balaban J connectivity index is 1.82. The van der Waals surface area contributed by atoms with Crippen LogP contribution in [-0.4, -0.2) is 33.6 Å². The third-order valence-corrected chi connectivity index (χ3v) is 6.79. The number of rotatable bonds is 3. The van der Waals surface area contributed by atoms with Crippen molar-refractivity contribution < 1.29 is 18.0 Å². The molecular weight excluding hydrogens is 445 g/mol. The van der Waals surface area contributed by atoms with Crippen molar-refractivity contribution in [2.45, 2.75) is 56.9 Å². The molecule has 0 saturated heterocycles. The fourth-order valence-corrected chi connectivity index (χ4v) is 5.46. The lowest BCUT2D eigenvalue weighted by atomic mass is 9.61. The quantitative estimate of drug-likeness (QED) is 0.693. The van der Waals surface area contributed by atoms with Gasteiger partial charge in [-0.2, -0.15) is 23.4 Å². The van der Waals surface area contributed by atoms with Gasteiger partial charge in [0, 0.05) is 42.0 Å². The van der Waals surface area contributed by atoms with Crippen LogP contribution in [0.4, 0.5) is 13.2 Å². The van der Waals surface area contributed by atoms with Crippen molar-refractivity contribution in [3.63, 3.8) is 0 Å². The van der Waals surface area contributed by atoms with Crippen LogP contribution in [0.5, 0.6) is 0 Å². The summed E-state index contributed by atoms with van der Waals surface area (Å²) in [6.45, 7) is 5.57. The van der Waals surface area contributed by atoms with E-state index in [4.69, 9.17) is 0 Å². The minimum absolute atomic E-state index is 0.0283. The summed E-state index contributed by atoms with van der Waals surface area (Å²) in [5.41, 5.74) is 0.166. The molecule has 7 nitrogen and oxygen atoms in total. The summed E-state index contributed by atoms with van der Waals surface area (Å²) in [5.74, 6) is -0.383. The molecule has 1 unspecified atom stereocenters. The Morgan fingerprint density at radius 3 is 2.65 bits per heavy atom. The van der Waals surface area contributed by atoms with E-state index in [1.54, 1.807) is 37.0 Å². The van der Waals surface area contributed by atoms with Crippen LogP contribution in [0.15, 0.2) is 69.4 Å². The van der Waals surface area contributed by atoms with Gasteiger partial charge in [0.05, 0.1) is 17.2 Å². The standard InChI is InChI=1S/C24H25F3N6O/c1-5-23(15-8-6-7-13(9-15)14-11-28-33(4)12-14)17-16(10-22(2,3)30-21(17)34)29-20-18(23)19(31-32-20)24(25,26)27/h6-9,11-12,20,29H,5,10H2,1-4H3,(H,30,34)/t20?,23-/m1/s1. The number of allylic oxidation sites excluding steroid dienone is 1. The van der Waals surface area contributed by atoms with Crippen LogP contribution in [0.1, 0.15) is 39.2 Å². The van der Waals surface area contributed by atoms with Crippen LogP contribution in [0, 0.1) is 0 Å². The van der Waals surface area contributed by atoms with Gasteiger partial charge in [-0.1, -0.05) is 25.1 Å². The molecule has 2 atom stereocenters. The van der Waals surface area contributed by atoms with Gasteiger partial charge in [-0.15, -0.1) is 5.11 Å². The van der Waals surface area contributed by atoms with E-state index in [0.717, 1.165) is 11.1 Å². The number of benzene rings is 1. The number of hydrogen-bond donors (Lipinski definition) is 2. The van der Waals surface area contributed by atoms with E-state index < -0.39 is 29.0 Å². The molecule has 0 radical (unpaired) electrons. The highest BCUT2D eigenvalue weighted by molar-refractivity contribution is 6.00. The highest BCUT2D eigenvalue weighted by atomic mass is 19.4. The molecule has 0 saturated carbocycles. The van der Waals surface area contributed by atoms with Crippen molar-refractivity contribution in [1.82, 2.24) is 20.4 Å². The van der Waals surface area contributed by atoms with E-state index in [-0.39, 0.29) is 17.9 Å². The molecule has 34 heavy (non-hydrogen) atoms. The molecule has 5 rings (SSSR count). The van der Waals surface area contributed by atoms with Crippen LogP contribution >= 0.6 is 0 Å². The summed E-state index contributed by atoms with van der Waals surface area (Å²) in [6.07, 6.45) is -1.49. The van der Waals surface area contributed by atoms with E-state index >= 15 is 0 Å². The zero-order valence-electron chi connectivity index (χ0n) is 19.3. The summed E-state index contributed by atoms with van der Waals surface area (Å²) in [6, 6.07) is 7.31. The number of nitrogens with one attached hydrogen (secondary N) is 2. The molecule has 1 aromatic heterocycles. The average Bonchev–Trinajstić information content (AvgIpc) is 3.37. The first-order valence-corrected chi connectivity index (χ1v) is 11.1. The van der Waals surface area contributed by atoms with Gasteiger partial charge in [0.15, 0.2) is 11.9 Å². The monoisotopic (exact) mass is 470 g/mol. The number of amides is 1. The predicted octanol–water partition coefficient (Wildman–Crippen LogP) is 4.50. The Labute approximate surface area is 194 Å². The summed E-state index contributed by atoms with van der Waals surface area (Å²) in [5, 5.41) is 17.8. The molecular formula is C24H25F3N6O. The fourth-order valence-electron chi connectivity index (χ4n) is 5.46.